The predicted octanol–water partition coefficient (Wildman–Crippen LogP) is 2.63. The van der Waals surface area contributed by atoms with Crippen molar-refractivity contribution < 1.29 is 9.59 Å². The predicted molar refractivity (Wildman–Crippen MR) is 130 cm³/mol. The number of hydrogen-bond donors (Lipinski definition) is 1. The van der Waals surface area contributed by atoms with Crippen LogP contribution >= 0.6 is 0 Å². The van der Waals surface area contributed by atoms with E-state index in [1.807, 2.05) is 66.4 Å². The molecule has 0 radical (unpaired) electrons. The van der Waals surface area contributed by atoms with E-state index in [1.165, 1.54) is 0 Å². The number of benzene rings is 1. The Hall–Kier alpha value is -4.01. The first-order valence-electron chi connectivity index (χ1n) is 11.5. The first-order valence-corrected chi connectivity index (χ1v) is 11.5. The molecule has 1 aromatic carbocycles. The highest BCUT2D eigenvalue weighted by molar-refractivity contribution is 6.00. The SMILES string of the molecule is Cc1ccc(Nc2ccc(N3CCN(C(=O)C4CC(=O)N(c5ccccc5)C4)CC3)nn2)nc1. The maximum absolute atomic E-state index is 13.1. The number of para-hydroxylation sites is 1. The van der Waals surface area contributed by atoms with Gasteiger partial charge in [0.15, 0.2) is 11.6 Å². The second-order valence-corrected chi connectivity index (χ2v) is 8.68. The number of anilines is 4. The fourth-order valence-electron chi connectivity index (χ4n) is 4.38. The Bertz CT molecular complexity index is 1140. The number of hydrogen-bond acceptors (Lipinski definition) is 7. The summed E-state index contributed by atoms with van der Waals surface area (Å²) in [6, 6.07) is 17.2. The molecule has 4 heterocycles. The third kappa shape index (κ3) is 4.68. The fraction of sp³-hybridized carbons (Fsp3) is 0.320. The van der Waals surface area contributed by atoms with Crippen LogP contribution < -0.4 is 15.1 Å². The van der Waals surface area contributed by atoms with Crippen LogP contribution in [0.1, 0.15) is 12.0 Å². The number of carbonyl (C=O) groups is 2. The first-order chi connectivity index (χ1) is 16.6. The van der Waals surface area contributed by atoms with E-state index in [0.717, 1.165) is 22.9 Å². The molecule has 1 unspecified atom stereocenters. The quantitative estimate of drug-likeness (QED) is 0.629. The van der Waals surface area contributed by atoms with Crippen molar-refractivity contribution in [2.75, 3.05) is 47.8 Å². The van der Waals surface area contributed by atoms with Gasteiger partial charge in [-0.15, -0.1) is 10.2 Å². The molecule has 1 N–H and O–H groups in total. The van der Waals surface area contributed by atoms with Crippen molar-refractivity contribution in [1.29, 1.82) is 0 Å². The molecule has 2 amide bonds. The Morgan fingerprint density at radius 1 is 0.941 bits per heavy atom. The molecule has 34 heavy (non-hydrogen) atoms. The van der Waals surface area contributed by atoms with E-state index < -0.39 is 0 Å². The smallest absolute Gasteiger partial charge is 0.228 e. The van der Waals surface area contributed by atoms with E-state index in [2.05, 4.69) is 25.4 Å². The first kappa shape index (κ1) is 21.8. The van der Waals surface area contributed by atoms with E-state index in [0.29, 0.717) is 38.5 Å². The minimum atomic E-state index is -0.292. The summed E-state index contributed by atoms with van der Waals surface area (Å²) in [6.45, 7) is 4.99. The van der Waals surface area contributed by atoms with E-state index in [-0.39, 0.29) is 24.2 Å². The molecule has 2 aromatic heterocycles. The summed E-state index contributed by atoms with van der Waals surface area (Å²) in [4.78, 5) is 35.6. The molecule has 0 spiro atoms. The van der Waals surface area contributed by atoms with Crippen LogP contribution in [0.25, 0.3) is 0 Å². The van der Waals surface area contributed by atoms with Crippen LogP contribution in [0.3, 0.4) is 0 Å². The largest absolute Gasteiger partial charge is 0.352 e. The lowest BCUT2D eigenvalue weighted by Gasteiger charge is -2.36. The zero-order valence-electron chi connectivity index (χ0n) is 19.1. The Morgan fingerprint density at radius 2 is 1.71 bits per heavy atom. The number of nitrogens with zero attached hydrogens (tertiary/aromatic N) is 6. The standard InChI is InChI=1S/C25H27N7O2/c1-18-7-8-21(26-16-18)27-22-9-10-23(29-28-22)30-11-13-31(14-12-30)25(34)19-15-24(33)32(17-19)20-5-3-2-4-6-20/h2-10,16,19H,11-15,17H2,1H3,(H,26,27,28). The average molecular weight is 458 g/mol. The molecule has 174 valence electrons. The second kappa shape index (κ2) is 9.46. The van der Waals surface area contributed by atoms with Crippen molar-refractivity contribution >= 4 is 35.0 Å². The Balaban J connectivity index is 1.14. The summed E-state index contributed by atoms with van der Waals surface area (Å²) in [5.74, 6) is 1.90. The molecule has 9 heteroatoms. The topological polar surface area (TPSA) is 94.6 Å². The third-order valence-corrected chi connectivity index (χ3v) is 6.28. The van der Waals surface area contributed by atoms with Crippen LogP contribution in [-0.2, 0) is 9.59 Å². The second-order valence-electron chi connectivity index (χ2n) is 8.68. The number of carbonyl (C=O) groups excluding carboxylic acids is 2. The van der Waals surface area contributed by atoms with E-state index >= 15 is 0 Å². The van der Waals surface area contributed by atoms with Gasteiger partial charge in [0, 0.05) is 51.0 Å². The van der Waals surface area contributed by atoms with Crippen molar-refractivity contribution in [3.05, 3.63) is 66.4 Å². The van der Waals surface area contributed by atoms with Crippen LogP contribution in [0.4, 0.5) is 23.1 Å². The van der Waals surface area contributed by atoms with E-state index in [1.54, 1.807) is 11.1 Å². The van der Waals surface area contributed by atoms with Crippen LogP contribution in [0.5, 0.6) is 0 Å². The maximum Gasteiger partial charge on any atom is 0.228 e. The summed E-state index contributed by atoms with van der Waals surface area (Å²) < 4.78 is 0. The zero-order valence-corrected chi connectivity index (χ0v) is 19.1. The number of pyridine rings is 1. The average Bonchev–Trinajstić information content (AvgIpc) is 3.28. The Kier molecular flexibility index (Phi) is 6.07. The Morgan fingerprint density at radius 3 is 2.38 bits per heavy atom. The number of aromatic nitrogens is 3. The molecular weight excluding hydrogens is 430 g/mol. The summed E-state index contributed by atoms with van der Waals surface area (Å²) in [7, 11) is 0. The van der Waals surface area contributed by atoms with Gasteiger partial charge in [0.25, 0.3) is 0 Å². The third-order valence-electron chi connectivity index (χ3n) is 6.28. The number of amides is 2. The van der Waals surface area contributed by atoms with Gasteiger partial charge in [0.2, 0.25) is 11.8 Å². The molecule has 2 aliphatic heterocycles. The molecule has 2 aliphatic rings. The lowest BCUT2D eigenvalue weighted by atomic mass is 10.1. The molecule has 2 fully saturated rings. The van der Waals surface area contributed by atoms with Crippen LogP contribution in [-0.4, -0.2) is 64.6 Å². The summed E-state index contributed by atoms with van der Waals surface area (Å²) in [6.07, 6.45) is 2.06. The molecule has 1 atom stereocenters. The van der Waals surface area contributed by atoms with E-state index in [4.69, 9.17) is 0 Å². The van der Waals surface area contributed by atoms with Gasteiger partial charge in [-0.2, -0.15) is 0 Å². The number of piperazine rings is 1. The highest BCUT2D eigenvalue weighted by Gasteiger charge is 2.38. The summed E-state index contributed by atoms with van der Waals surface area (Å²) in [5.41, 5.74) is 1.94. The highest BCUT2D eigenvalue weighted by atomic mass is 16.2. The molecule has 0 saturated carbocycles. The molecule has 0 bridgehead atoms. The minimum Gasteiger partial charge on any atom is -0.352 e. The minimum absolute atomic E-state index is 0.00740. The highest BCUT2D eigenvalue weighted by Crippen LogP contribution is 2.27. The lowest BCUT2D eigenvalue weighted by molar-refractivity contribution is -0.136. The van der Waals surface area contributed by atoms with Crippen LogP contribution in [0.2, 0.25) is 0 Å². The van der Waals surface area contributed by atoms with E-state index in [9.17, 15) is 9.59 Å². The van der Waals surface area contributed by atoms with Gasteiger partial charge in [0.05, 0.1) is 5.92 Å². The number of nitrogens with one attached hydrogen (secondary N) is 1. The zero-order chi connectivity index (χ0) is 23.5. The van der Waals surface area contributed by atoms with Gasteiger partial charge in [-0.3, -0.25) is 9.59 Å². The maximum atomic E-state index is 13.1. The normalized spacial score (nSPS) is 18.3. The number of aryl methyl sites for hydroxylation is 1. The van der Waals surface area contributed by atoms with Gasteiger partial charge in [-0.25, -0.2) is 4.98 Å². The van der Waals surface area contributed by atoms with Crippen molar-refractivity contribution in [2.24, 2.45) is 5.92 Å². The summed E-state index contributed by atoms with van der Waals surface area (Å²) in [5, 5.41) is 11.8. The Labute approximate surface area is 198 Å². The van der Waals surface area contributed by atoms with Crippen molar-refractivity contribution in [1.82, 2.24) is 20.1 Å². The van der Waals surface area contributed by atoms with Crippen LogP contribution in [0.15, 0.2) is 60.8 Å². The van der Waals surface area contributed by atoms with Gasteiger partial charge in [-0.05, 0) is 42.8 Å². The van der Waals surface area contributed by atoms with Crippen molar-refractivity contribution in [3.63, 3.8) is 0 Å². The molecule has 9 nitrogen and oxygen atoms in total. The van der Waals surface area contributed by atoms with Gasteiger partial charge in [0.1, 0.15) is 5.82 Å². The molecule has 5 rings (SSSR count). The summed E-state index contributed by atoms with van der Waals surface area (Å²) >= 11 is 0. The monoisotopic (exact) mass is 457 g/mol. The molecule has 2 saturated heterocycles. The van der Waals surface area contributed by atoms with Gasteiger partial charge >= 0.3 is 0 Å². The fourth-order valence-corrected chi connectivity index (χ4v) is 4.38. The number of rotatable bonds is 5. The molecular formula is C25H27N7O2. The van der Waals surface area contributed by atoms with Gasteiger partial charge in [-0.1, -0.05) is 24.3 Å². The van der Waals surface area contributed by atoms with Gasteiger partial charge < -0.3 is 20.0 Å². The van der Waals surface area contributed by atoms with Crippen LogP contribution in [0, 0.1) is 12.8 Å². The van der Waals surface area contributed by atoms with Crippen molar-refractivity contribution in [3.8, 4) is 0 Å². The lowest BCUT2D eigenvalue weighted by Crippen LogP contribution is -2.51. The molecule has 0 aliphatic carbocycles. The van der Waals surface area contributed by atoms with Crippen molar-refractivity contribution in [2.45, 2.75) is 13.3 Å². The molecule has 3 aromatic rings.